The van der Waals surface area contributed by atoms with Gasteiger partial charge in [-0.2, -0.15) is 0 Å². The number of carbonyl (C=O) groups is 1. The lowest BCUT2D eigenvalue weighted by Crippen LogP contribution is -2.27. The van der Waals surface area contributed by atoms with Gasteiger partial charge in [-0.1, -0.05) is 97.1 Å². The van der Waals surface area contributed by atoms with Gasteiger partial charge in [-0.15, -0.1) is 0 Å². The van der Waals surface area contributed by atoms with Gasteiger partial charge in [0.05, 0.1) is 5.56 Å². The van der Waals surface area contributed by atoms with E-state index >= 15 is 0 Å². The van der Waals surface area contributed by atoms with Gasteiger partial charge in [-0.05, 0) is 65.8 Å². The number of hydrogen-bond donors (Lipinski definition) is 1. The number of aromatic carboxylic acids is 1. The monoisotopic (exact) mass is 449 g/mol. The molecular formula is C31H31NO2. The van der Waals surface area contributed by atoms with Crippen LogP contribution in [-0.2, 0) is 19.4 Å². The highest BCUT2D eigenvalue weighted by Gasteiger charge is 2.08. The summed E-state index contributed by atoms with van der Waals surface area (Å²) in [6, 6.07) is 37.1. The number of hydrogen-bond acceptors (Lipinski definition) is 2. The highest BCUT2D eigenvalue weighted by molar-refractivity contribution is 5.88. The lowest BCUT2D eigenvalue weighted by atomic mass is 10.0. The normalized spacial score (nSPS) is 11.0. The second-order valence-corrected chi connectivity index (χ2v) is 8.68. The van der Waals surface area contributed by atoms with Gasteiger partial charge in [0.15, 0.2) is 0 Å². The van der Waals surface area contributed by atoms with Gasteiger partial charge in [0.25, 0.3) is 0 Å². The number of carboxylic acids is 1. The Hall–Kier alpha value is -3.69. The summed E-state index contributed by atoms with van der Waals surface area (Å²) < 4.78 is 0. The Bertz CT molecular complexity index is 1150. The third kappa shape index (κ3) is 6.90. The fourth-order valence-electron chi connectivity index (χ4n) is 4.22. The van der Waals surface area contributed by atoms with Crippen molar-refractivity contribution in [3.63, 3.8) is 0 Å². The number of carboxylic acid groups (broad SMARTS) is 1. The van der Waals surface area contributed by atoms with E-state index in [1.165, 1.54) is 16.7 Å². The van der Waals surface area contributed by atoms with E-state index in [9.17, 15) is 4.79 Å². The van der Waals surface area contributed by atoms with Gasteiger partial charge < -0.3 is 5.11 Å². The van der Waals surface area contributed by atoms with Crippen LogP contribution in [0, 0.1) is 0 Å². The molecule has 4 aromatic rings. The maximum atomic E-state index is 11.1. The fourth-order valence-corrected chi connectivity index (χ4v) is 4.22. The largest absolute Gasteiger partial charge is 0.478 e. The molecule has 34 heavy (non-hydrogen) atoms. The summed E-state index contributed by atoms with van der Waals surface area (Å²) in [6.45, 7) is 3.00. The molecule has 0 amide bonds. The van der Waals surface area contributed by atoms with Gasteiger partial charge in [-0.25, -0.2) is 4.79 Å². The van der Waals surface area contributed by atoms with E-state index in [1.54, 1.807) is 12.1 Å². The Morgan fingerprint density at radius 3 is 1.68 bits per heavy atom. The highest BCUT2D eigenvalue weighted by Crippen LogP contribution is 2.21. The molecule has 0 fully saturated rings. The zero-order valence-electron chi connectivity index (χ0n) is 19.4. The second kappa shape index (κ2) is 12.0. The van der Waals surface area contributed by atoms with Crippen molar-refractivity contribution >= 4 is 5.97 Å². The van der Waals surface area contributed by atoms with Gasteiger partial charge >= 0.3 is 5.97 Å². The fraction of sp³-hybridized carbons (Fsp3) is 0.194. The molecule has 3 nitrogen and oxygen atoms in total. The molecule has 3 heteroatoms. The van der Waals surface area contributed by atoms with Crippen LogP contribution in [0.4, 0.5) is 0 Å². The van der Waals surface area contributed by atoms with E-state index in [-0.39, 0.29) is 0 Å². The maximum Gasteiger partial charge on any atom is 0.335 e. The van der Waals surface area contributed by atoms with E-state index < -0.39 is 5.97 Å². The number of aryl methyl sites for hydroxylation is 1. The number of benzene rings is 4. The van der Waals surface area contributed by atoms with Crippen LogP contribution in [0.25, 0.3) is 11.1 Å². The Balaban J connectivity index is 1.39. The van der Waals surface area contributed by atoms with Crippen molar-refractivity contribution < 1.29 is 9.90 Å². The van der Waals surface area contributed by atoms with Crippen LogP contribution >= 0.6 is 0 Å². The summed E-state index contributed by atoms with van der Waals surface area (Å²) in [5.41, 5.74) is 6.49. The number of rotatable bonds is 11. The molecule has 0 heterocycles. The Kier molecular flexibility index (Phi) is 8.26. The standard InChI is InChI=1S/C31H31NO2/c33-31(34)30-19-17-29(18-20-30)28-15-13-27(14-16-28)24-32(23-21-26-10-5-2-6-11-26)22-7-12-25-8-3-1-4-9-25/h1-6,8-11,13-20H,7,12,21-24H2,(H,33,34). The number of nitrogens with zero attached hydrogens (tertiary/aromatic N) is 1. The molecule has 4 aromatic carbocycles. The van der Waals surface area contributed by atoms with E-state index in [2.05, 4.69) is 89.8 Å². The van der Waals surface area contributed by atoms with Crippen LogP contribution < -0.4 is 0 Å². The molecule has 0 aromatic heterocycles. The van der Waals surface area contributed by atoms with Crippen molar-refractivity contribution in [3.05, 3.63) is 131 Å². The smallest absolute Gasteiger partial charge is 0.335 e. The van der Waals surface area contributed by atoms with Crippen LogP contribution in [-0.4, -0.2) is 29.1 Å². The molecule has 0 aliphatic heterocycles. The molecule has 0 atom stereocenters. The molecule has 0 radical (unpaired) electrons. The van der Waals surface area contributed by atoms with Crippen molar-refractivity contribution in [2.75, 3.05) is 13.1 Å². The third-order valence-electron chi connectivity index (χ3n) is 6.17. The van der Waals surface area contributed by atoms with Crippen LogP contribution in [0.1, 0.15) is 33.5 Å². The van der Waals surface area contributed by atoms with Gasteiger partial charge in [0.2, 0.25) is 0 Å². The first kappa shape index (κ1) is 23.5. The lowest BCUT2D eigenvalue weighted by Gasteiger charge is -2.23. The van der Waals surface area contributed by atoms with E-state index in [0.717, 1.165) is 50.0 Å². The Morgan fingerprint density at radius 2 is 1.12 bits per heavy atom. The van der Waals surface area contributed by atoms with Gasteiger partial charge in [0.1, 0.15) is 0 Å². The zero-order chi connectivity index (χ0) is 23.6. The minimum Gasteiger partial charge on any atom is -0.478 e. The summed E-state index contributed by atoms with van der Waals surface area (Å²) in [5, 5.41) is 9.10. The minimum absolute atomic E-state index is 0.310. The highest BCUT2D eigenvalue weighted by atomic mass is 16.4. The van der Waals surface area contributed by atoms with Crippen molar-refractivity contribution in [3.8, 4) is 11.1 Å². The quantitative estimate of drug-likeness (QED) is 0.276. The molecule has 0 aliphatic rings. The van der Waals surface area contributed by atoms with Gasteiger partial charge in [0, 0.05) is 13.1 Å². The van der Waals surface area contributed by atoms with E-state index in [0.29, 0.717) is 5.56 Å². The molecule has 0 saturated carbocycles. The van der Waals surface area contributed by atoms with Gasteiger partial charge in [-0.3, -0.25) is 4.90 Å². The first-order valence-corrected chi connectivity index (χ1v) is 11.9. The van der Waals surface area contributed by atoms with Crippen LogP contribution in [0.5, 0.6) is 0 Å². The molecular weight excluding hydrogens is 418 g/mol. The summed E-state index contributed by atoms with van der Waals surface area (Å²) in [4.78, 5) is 13.6. The van der Waals surface area contributed by atoms with Crippen molar-refractivity contribution in [1.82, 2.24) is 4.90 Å². The predicted octanol–water partition coefficient (Wildman–Crippen LogP) is 6.73. The third-order valence-corrected chi connectivity index (χ3v) is 6.17. The molecule has 0 bridgehead atoms. The molecule has 0 unspecified atom stereocenters. The molecule has 172 valence electrons. The Labute approximate surface area is 202 Å². The van der Waals surface area contributed by atoms with Crippen LogP contribution in [0.3, 0.4) is 0 Å². The van der Waals surface area contributed by atoms with Crippen molar-refractivity contribution in [1.29, 1.82) is 0 Å². The van der Waals surface area contributed by atoms with Crippen molar-refractivity contribution in [2.45, 2.75) is 25.8 Å². The predicted molar refractivity (Wildman–Crippen MR) is 139 cm³/mol. The van der Waals surface area contributed by atoms with Crippen molar-refractivity contribution in [2.24, 2.45) is 0 Å². The van der Waals surface area contributed by atoms with Crippen LogP contribution in [0.15, 0.2) is 109 Å². The Morgan fingerprint density at radius 1 is 0.588 bits per heavy atom. The average Bonchev–Trinajstić information content (AvgIpc) is 2.89. The molecule has 1 N–H and O–H groups in total. The minimum atomic E-state index is -0.898. The summed E-state index contributed by atoms with van der Waals surface area (Å²) in [7, 11) is 0. The summed E-state index contributed by atoms with van der Waals surface area (Å²) in [5.74, 6) is -0.898. The van der Waals surface area contributed by atoms with E-state index in [1.807, 2.05) is 12.1 Å². The molecule has 0 saturated heterocycles. The summed E-state index contributed by atoms with van der Waals surface area (Å²) >= 11 is 0. The first-order valence-electron chi connectivity index (χ1n) is 11.9. The molecule has 4 rings (SSSR count). The van der Waals surface area contributed by atoms with Crippen LogP contribution in [0.2, 0.25) is 0 Å². The molecule has 0 aliphatic carbocycles. The first-order chi connectivity index (χ1) is 16.7. The average molecular weight is 450 g/mol. The molecule has 0 spiro atoms. The topological polar surface area (TPSA) is 40.5 Å². The second-order valence-electron chi connectivity index (χ2n) is 8.68. The maximum absolute atomic E-state index is 11.1. The SMILES string of the molecule is O=C(O)c1ccc(-c2ccc(CN(CCCc3ccccc3)CCc3ccccc3)cc2)cc1. The zero-order valence-corrected chi connectivity index (χ0v) is 19.4. The van der Waals surface area contributed by atoms with E-state index in [4.69, 9.17) is 5.11 Å². The summed E-state index contributed by atoms with van der Waals surface area (Å²) in [6.07, 6.45) is 3.26. The lowest BCUT2D eigenvalue weighted by molar-refractivity contribution is 0.0697.